The average Bonchev–Trinajstić information content (AvgIpc) is 2.57. The van der Waals surface area contributed by atoms with Gasteiger partial charge in [-0.3, -0.25) is 4.79 Å². The zero-order valence-corrected chi connectivity index (χ0v) is 17.2. The molecule has 7 heteroatoms. The van der Waals surface area contributed by atoms with Gasteiger partial charge in [-0.25, -0.2) is 0 Å². The summed E-state index contributed by atoms with van der Waals surface area (Å²) < 4.78 is 6.92. The fraction of sp³-hybridized carbons (Fsp3) is 0.474. The Morgan fingerprint density at radius 3 is 2.46 bits per heavy atom. The molecule has 0 spiro atoms. The first-order chi connectivity index (χ1) is 12.1. The third kappa shape index (κ3) is 3.51. The van der Waals surface area contributed by atoms with Crippen molar-refractivity contribution in [2.75, 3.05) is 7.05 Å². The lowest BCUT2D eigenvalue weighted by Crippen LogP contribution is -2.74. The molecule has 1 aliphatic carbocycles. The molecule has 1 aromatic carbocycles. The Bertz CT molecular complexity index is 792. The number of nitrogens with one attached hydrogen (secondary N) is 1. The molecule has 2 rings (SSSR count). The molecular formula is C19H23BrN4O2. The maximum absolute atomic E-state index is 12.2. The van der Waals surface area contributed by atoms with Crippen LogP contribution in [-0.2, 0) is 4.79 Å². The lowest BCUT2D eigenvalue weighted by Gasteiger charge is -2.63. The van der Waals surface area contributed by atoms with Crippen LogP contribution in [0.2, 0.25) is 0 Å². The molecule has 26 heavy (non-hydrogen) atoms. The van der Waals surface area contributed by atoms with Crippen molar-refractivity contribution < 1.29 is 9.53 Å². The zero-order valence-electron chi connectivity index (χ0n) is 15.6. The highest BCUT2D eigenvalue weighted by atomic mass is 79.9. The maximum Gasteiger partial charge on any atom is 0.271 e. The topological polar surface area (TPSA) is 86.8 Å². The van der Waals surface area contributed by atoms with Crippen LogP contribution in [0.1, 0.15) is 33.3 Å². The minimum absolute atomic E-state index is 0.0829. The Hall–Kier alpha value is -2.20. The number of carbonyl (C=O) groups excluding carboxylic acids is 1. The first-order valence-electron chi connectivity index (χ1n) is 8.21. The van der Waals surface area contributed by atoms with Crippen molar-refractivity contribution in [3.8, 4) is 11.8 Å². The van der Waals surface area contributed by atoms with Crippen LogP contribution in [0.3, 0.4) is 0 Å². The third-order valence-electron chi connectivity index (χ3n) is 4.91. The number of rotatable bonds is 5. The number of carbonyl (C=O) groups is 1. The standard InChI is InChI=1S/C19H23BrN4O2/c1-11(24-22-6)15(25)23-16-18(2,3)17(19(16,4)5)26-13-8-7-12(10-21)14(20)9-13/h7-9,16-17H,1H2,2-6H3,(H,23,25)/b24-22-/t16-,17-. The lowest BCUT2D eigenvalue weighted by atomic mass is 9.49. The van der Waals surface area contributed by atoms with Gasteiger partial charge in [-0.15, -0.1) is 0 Å². The van der Waals surface area contributed by atoms with Gasteiger partial charge >= 0.3 is 0 Å². The largest absolute Gasteiger partial charge is 0.489 e. The molecule has 0 saturated heterocycles. The van der Waals surface area contributed by atoms with Gasteiger partial charge in [0, 0.05) is 28.4 Å². The molecule has 0 atom stereocenters. The van der Waals surface area contributed by atoms with Crippen LogP contribution >= 0.6 is 15.9 Å². The lowest BCUT2D eigenvalue weighted by molar-refractivity contribution is -0.172. The molecule has 0 bridgehead atoms. The Morgan fingerprint density at radius 2 is 1.96 bits per heavy atom. The average molecular weight is 419 g/mol. The number of nitrogens with zero attached hydrogens (tertiary/aromatic N) is 3. The highest BCUT2D eigenvalue weighted by Crippen LogP contribution is 2.55. The minimum atomic E-state index is -0.332. The minimum Gasteiger partial charge on any atom is -0.489 e. The second-order valence-corrected chi connectivity index (χ2v) is 8.40. The number of azo groups is 1. The molecule has 1 aromatic rings. The van der Waals surface area contributed by atoms with Crippen LogP contribution in [0.25, 0.3) is 0 Å². The number of ether oxygens (including phenoxy) is 1. The summed E-state index contributed by atoms with van der Waals surface area (Å²) in [5, 5.41) is 19.3. The first-order valence-corrected chi connectivity index (χ1v) is 9.01. The highest BCUT2D eigenvalue weighted by molar-refractivity contribution is 9.10. The fourth-order valence-corrected chi connectivity index (χ4v) is 4.42. The molecule has 138 valence electrons. The van der Waals surface area contributed by atoms with E-state index in [1.54, 1.807) is 18.2 Å². The number of benzene rings is 1. The molecule has 0 heterocycles. The van der Waals surface area contributed by atoms with E-state index in [9.17, 15) is 4.79 Å². The summed E-state index contributed by atoms with van der Waals surface area (Å²) in [6.45, 7) is 11.8. The summed E-state index contributed by atoms with van der Waals surface area (Å²) in [7, 11) is 1.50. The normalized spacial score (nSPS) is 23.0. The van der Waals surface area contributed by atoms with E-state index in [1.165, 1.54) is 7.05 Å². The third-order valence-corrected chi connectivity index (χ3v) is 5.57. The van der Waals surface area contributed by atoms with Crippen LogP contribution in [0.4, 0.5) is 0 Å². The van der Waals surface area contributed by atoms with Gasteiger partial charge in [-0.05, 0) is 34.1 Å². The predicted molar refractivity (Wildman–Crippen MR) is 103 cm³/mol. The van der Waals surface area contributed by atoms with E-state index in [0.717, 1.165) is 0 Å². The fourth-order valence-electron chi connectivity index (χ4n) is 3.98. The zero-order chi connectivity index (χ0) is 19.7. The molecule has 0 radical (unpaired) electrons. The summed E-state index contributed by atoms with van der Waals surface area (Å²) in [4.78, 5) is 12.2. The second kappa shape index (κ2) is 7.20. The number of nitriles is 1. The van der Waals surface area contributed by atoms with Crippen LogP contribution < -0.4 is 10.1 Å². The summed E-state index contributed by atoms with van der Waals surface area (Å²) in [6, 6.07) is 7.29. The van der Waals surface area contributed by atoms with Gasteiger partial charge in [-0.1, -0.05) is 34.3 Å². The van der Waals surface area contributed by atoms with Gasteiger partial charge in [0.25, 0.3) is 5.91 Å². The van der Waals surface area contributed by atoms with E-state index < -0.39 is 0 Å². The number of halogens is 1. The van der Waals surface area contributed by atoms with Crippen molar-refractivity contribution in [3.63, 3.8) is 0 Å². The predicted octanol–water partition coefficient (Wildman–Crippen LogP) is 4.21. The second-order valence-electron chi connectivity index (χ2n) is 7.55. The van der Waals surface area contributed by atoms with Crippen molar-refractivity contribution in [1.29, 1.82) is 5.26 Å². The van der Waals surface area contributed by atoms with E-state index in [-0.39, 0.29) is 34.6 Å². The van der Waals surface area contributed by atoms with Crippen molar-refractivity contribution in [2.45, 2.75) is 39.8 Å². The molecule has 1 fully saturated rings. The quantitative estimate of drug-likeness (QED) is 0.573. The van der Waals surface area contributed by atoms with Gasteiger partial charge < -0.3 is 10.1 Å². The number of hydrogen-bond acceptors (Lipinski definition) is 5. The summed E-state index contributed by atoms with van der Waals surface area (Å²) >= 11 is 3.38. The van der Waals surface area contributed by atoms with E-state index in [2.05, 4.69) is 71.8 Å². The Labute approximate surface area is 162 Å². The van der Waals surface area contributed by atoms with E-state index >= 15 is 0 Å². The Balaban J connectivity index is 2.17. The van der Waals surface area contributed by atoms with Crippen molar-refractivity contribution in [1.82, 2.24) is 5.32 Å². The van der Waals surface area contributed by atoms with Gasteiger partial charge in [0.1, 0.15) is 23.6 Å². The van der Waals surface area contributed by atoms with Gasteiger partial charge in [0.05, 0.1) is 5.56 Å². The van der Waals surface area contributed by atoms with E-state index in [4.69, 9.17) is 10.00 Å². The molecule has 1 amide bonds. The highest BCUT2D eigenvalue weighted by Gasteiger charge is 2.64. The number of hydrogen-bond donors (Lipinski definition) is 1. The van der Waals surface area contributed by atoms with Crippen molar-refractivity contribution in [3.05, 3.63) is 40.5 Å². The molecule has 1 N–H and O–H groups in total. The van der Waals surface area contributed by atoms with Crippen molar-refractivity contribution in [2.24, 2.45) is 21.1 Å². The molecule has 0 unspecified atom stereocenters. The van der Waals surface area contributed by atoms with Gasteiger partial charge in [0.15, 0.2) is 0 Å². The number of amides is 1. The van der Waals surface area contributed by atoms with E-state index in [0.29, 0.717) is 15.8 Å². The van der Waals surface area contributed by atoms with Gasteiger partial charge in [0.2, 0.25) is 0 Å². The summed E-state index contributed by atoms with van der Waals surface area (Å²) in [6.07, 6.45) is -0.124. The van der Waals surface area contributed by atoms with Crippen molar-refractivity contribution >= 4 is 21.8 Å². The molecule has 0 aromatic heterocycles. The van der Waals surface area contributed by atoms with Gasteiger partial charge in [-0.2, -0.15) is 15.5 Å². The summed E-state index contributed by atoms with van der Waals surface area (Å²) in [5.41, 5.74) is 0.0320. The van der Waals surface area contributed by atoms with Crippen LogP contribution in [-0.4, -0.2) is 25.1 Å². The van der Waals surface area contributed by atoms with Crippen LogP contribution in [0, 0.1) is 22.2 Å². The Morgan fingerprint density at radius 1 is 1.35 bits per heavy atom. The molecule has 1 saturated carbocycles. The van der Waals surface area contributed by atoms with Crippen LogP contribution in [0.15, 0.2) is 45.2 Å². The SMILES string of the molecule is C=C(/N=N\C)C(=O)N[C@H]1C(C)(C)[C@H](Oc2ccc(C#N)c(Br)c2)C1(C)C. The Kier molecular flexibility index (Phi) is 5.57. The summed E-state index contributed by atoms with van der Waals surface area (Å²) in [5.74, 6) is 0.345. The molecular weight excluding hydrogens is 396 g/mol. The molecule has 1 aliphatic rings. The smallest absolute Gasteiger partial charge is 0.271 e. The van der Waals surface area contributed by atoms with Crippen LogP contribution in [0.5, 0.6) is 5.75 Å². The monoisotopic (exact) mass is 418 g/mol. The van der Waals surface area contributed by atoms with E-state index in [1.807, 2.05) is 0 Å². The first kappa shape index (κ1) is 20.1. The molecule has 0 aliphatic heterocycles. The maximum atomic E-state index is 12.2. The molecule has 6 nitrogen and oxygen atoms in total.